The van der Waals surface area contributed by atoms with Gasteiger partial charge >= 0.3 is 12.1 Å². The van der Waals surface area contributed by atoms with Crippen LogP contribution in [-0.2, 0) is 22.5 Å². The molecule has 2 atom stereocenters. The van der Waals surface area contributed by atoms with E-state index in [1.54, 1.807) is 43.3 Å². The SMILES string of the molecule is CC(OC(=O)NCc1conc1-c1ccc(C(=O)NC(Cc2ccc(F)c(F)c2)C(=O)O)cc1)c1ccccc1Cl. The molecule has 0 aliphatic heterocycles. The third kappa shape index (κ3) is 7.46. The van der Waals surface area contributed by atoms with Crippen LogP contribution in [0.1, 0.15) is 40.1 Å². The Morgan fingerprint density at radius 3 is 2.46 bits per heavy atom. The van der Waals surface area contributed by atoms with E-state index >= 15 is 0 Å². The molecule has 0 saturated carbocycles. The molecule has 12 heteroatoms. The number of alkyl carbamates (subject to hydrolysis) is 1. The lowest BCUT2D eigenvalue weighted by Gasteiger charge is -2.15. The average molecular weight is 584 g/mol. The van der Waals surface area contributed by atoms with Crippen molar-refractivity contribution in [2.45, 2.75) is 32.0 Å². The van der Waals surface area contributed by atoms with Crippen LogP contribution >= 0.6 is 11.6 Å². The first-order valence-corrected chi connectivity index (χ1v) is 12.7. The summed E-state index contributed by atoms with van der Waals surface area (Å²) in [4.78, 5) is 36.7. The summed E-state index contributed by atoms with van der Waals surface area (Å²) >= 11 is 6.15. The first kappa shape index (κ1) is 29.2. The van der Waals surface area contributed by atoms with E-state index in [2.05, 4.69) is 15.8 Å². The Kier molecular flexibility index (Phi) is 9.30. The normalized spacial score (nSPS) is 12.3. The van der Waals surface area contributed by atoms with E-state index in [4.69, 9.17) is 20.9 Å². The number of carbonyl (C=O) groups excluding carboxylic acids is 2. The number of carboxylic acids is 1. The van der Waals surface area contributed by atoms with Crippen LogP contribution in [0.15, 0.2) is 77.5 Å². The van der Waals surface area contributed by atoms with Crippen LogP contribution in [0.5, 0.6) is 0 Å². The predicted molar refractivity (Wildman–Crippen MR) is 144 cm³/mol. The number of ether oxygens (including phenoxy) is 1. The van der Waals surface area contributed by atoms with Crippen LogP contribution in [0.2, 0.25) is 5.02 Å². The number of nitrogens with one attached hydrogen (secondary N) is 2. The molecule has 0 fully saturated rings. The van der Waals surface area contributed by atoms with Gasteiger partial charge in [0.2, 0.25) is 0 Å². The number of aromatic nitrogens is 1. The number of carboxylic acid groups (broad SMARTS) is 1. The molecule has 0 saturated heterocycles. The molecule has 212 valence electrons. The van der Waals surface area contributed by atoms with Crippen LogP contribution in [0.25, 0.3) is 11.3 Å². The molecule has 41 heavy (non-hydrogen) atoms. The largest absolute Gasteiger partial charge is 0.480 e. The number of halogens is 3. The van der Waals surface area contributed by atoms with Gasteiger partial charge in [0.25, 0.3) is 5.91 Å². The summed E-state index contributed by atoms with van der Waals surface area (Å²) in [7, 11) is 0. The van der Waals surface area contributed by atoms with Crippen LogP contribution < -0.4 is 10.6 Å². The Balaban J connectivity index is 1.36. The van der Waals surface area contributed by atoms with E-state index in [9.17, 15) is 28.3 Å². The summed E-state index contributed by atoms with van der Waals surface area (Å²) in [6.45, 7) is 1.74. The summed E-state index contributed by atoms with van der Waals surface area (Å²) in [5, 5.41) is 19.0. The summed E-state index contributed by atoms with van der Waals surface area (Å²) in [5.74, 6) is -4.18. The van der Waals surface area contributed by atoms with Gasteiger partial charge in [0.1, 0.15) is 24.1 Å². The van der Waals surface area contributed by atoms with Crippen molar-refractivity contribution in [2.75, 3.05) is 0 Å². The summed E-state index contributed by atoms with van der Waals surface area (Å²) in [6, 6.07) is 14.8. The maximum atomic E-state index is 13.5. The van der Waals surface area contributed by atoms with Crippen molar-refractivity contribution in [3.8, 4) is 11.3 Å². The fourth-order valence-corrected chi connectivity index (χ4v) is 4.27. The maximum Gasteiger partial charge on any atom is 0.408 e. The quantitative estimate of drug-likeness (QED) is 0.219. The lowest BCUT2D eigenvalue weighted by molar-refractivity contribution is -0.139. The lowest BCUT2D eigenvalue weighted by atomic mass is 10.0. The van der Waals surface area contributed by atoms with Crippen molar-refractivity contribution in [1.82, 2.24) is 15.8 Å². The van der Waals surface area contributed by atoms with Gasteiger partial charge in [-0.05, 0) is 42.8 Å². The number of nitrogens with zero attached hydrogens (tertiary/aromatic N) is 1. The van der Waals surface area contributed by atoms with E-state index in [0.29, 0.717) is 27.4 Å². The minimum atomic E-state index is -1.37. The van der Waals surface area contributed by atoms with Crippen LogP contribution in [0.3, 0.4) is 0 Å². The Bertz CT molecular complexity index is 1560. The van der Waals surface area contributed by atoms with Gasteiger partial charge in [-0.1, -0.05) is 53.2 Å². The Morgan fingerprint density at radius 2 is 1.78 bits per heavy atom. The van der Waals surface area contributed by atoms with Crippen molar-refractivity contribution >= 4 is 29.6 Å². The van der Waals surface area contributed by atoms with Gasteiger partial charge in [0.05, 0.1) is 6.54 Å². The number of carbonyl (C=O) groups is 3. The minimum absolute atomic E-state index is 0.0411. The fraction of sp³-hybridized carbons (Fsp3) is 0.172. The monoisotopic (exact) mass is 583 g/mol. The molecule has 4 aromatic rings. The van der Waals surface area contributed by atoms with Gasteiger partial charge in [-0.3, -0.25) is 4.79 Å². The first-order valence-electron chi connectivity index (χ1n) is 12.3. The van der Waals surface area contributed by atoms with E-state index in [-0.39, 0.29) is 24.1 Å². The molecule has 1 heterocycles. The van der Waals surface area contributed by atoms with E-state index in [0.717, 1.165) is 12.1 Å². The molecule has 3 aromatic carbocycles. The third-order valence-electron chi connectivity index (χ3n) is 6.14. The zero-order valence-electron chi connectivity index (χ0n) is 21.6. The highest BCUT2D eigenvalue weighted by Gasteiger charge is 2.22. The van der Waals surface area contributed by atoms with Gasteiger partial charge in [-0.15, -0.1) is 0 Å². The summed E-state index contributed by atoms with van der Waals surface area (Å²) in [5.41, 5.74) is 2.56. The smallest absolute Gasteiger partial charge is 0.408 e. The van der Waals surface area contributed by atoms with Crippen LogP contribution in [0, 0.1) is 11.6 Å². The highest BCUT2D eigenvalue weighted by atomic mass is 35.5. The molecule has 0 radical (unpaired) electrons. The zero-order valence-corrected chi connectivity index (χ0v) is 22.3. The highest BCUT2D eigenvalue weighted by molar-refractivity contribution is 6.31. The Labute approximate surface area is 238 Å². The second-order valence-electron chi connectivity index (χ2n) is 9.01. The molecule has 3 N–H and O–H groups in total. The van der Waals surface area contributed by atoms with Crippen LogP contribution in [0.4, 0.5) is 13.6 Å². The summed E-state index contributed by atoms with van der Waals surface area (Å²) in [6.07, 6.45) is -0.135. The fourth-order valence-electron chi connectivity index (χ4n) is 3.98. The molecule has 9 nitrogen and oxygen atoms in total. The number of amides is 2. The molecule has 4 rings (SSSR count). The first-order chi connectivity index (χ1) is 19.6. The number of benzene rings is 3. The van der Waals surface area contributed by atoms with Gasteiger partial charge in [0.15, 0.2) is 11.6 Å². The number of hydrogen-bond acceptors (Lipinski definition) is 6. The van der Waals surface area contributed by atoms with E-state index in [1.165, 1.54) is 24.5 Å². The maximum absolute atomic E-state index is 13.5. The van der Waals surface area contributed by atoms with Gasteiger partial charge in [-0.25, -0.2) is 18.4 Å². The lowest BCUT2D eigenvalue weighted by Crippen LogP contribution is -2.42. The molecule has 0 spiro atoms. The molecule has 1 aromatic heterocycles. The highest BCUT2D eigenvalue weighted by Crippen LogP contribution is 2.26. The van der Waals surface area contributed by atoms with Gasteiger partial charge in [0, 0.05) is 33.7 Å². The zero-order chi connectivity index (χ0) is 29.5. The third-order valence-corrected chi connectivity index (χ3v) is 6.49. The number of aliphatic carboxylic acids is 1. The molecule has 2 unspecified atom stereocenters. The molecule has 0 aliphatic carbocycles. The minimum Gasteiger partial charge on any atom is -0.480 e. The van der Waals surface area contributed by atoms with Crippen LogP contribution in [-0.4, -0.2) is 34.3 Å². The second kappa shape index (κ2) is 13.1. The standard InChI is InChI=1S/C29H24ClF2N3O6/c1-16(21-4-2-3-5-22(21)30)41-29(39)33-14-20-15-40-35-26(20)18-7-9-19(10-8-18)27(36)34-25(28(37)38)13-17-6-11-23(31)24(32)12-17/h2-12,15-16,25H,13-14H2,1H3,(H,33,39)(H,34,36)(H,37,38). The van der Waals surface area contributed by atoms with Crippen molar-refractivity contribution in [3.63, 3.8) is 0 Å². The molecule has 2 amide bonds. The molecular weight excluding hydrogens is 560 g/mol. The molecular formula is C29H24ClF2N3O6. The average Bonchev–Trinajstić information content (AvgIpc) is 3.42. The van der Waals surface area contributed by atoms with Gasteiger partial charge in [-0.2, -0.15) is 0 Å². The second-order valence-corrected chi connectivity index (χ2v) is 9.41. The topological polar surface area (TPSA) is 131 Å². The van der Waals surface area contributed by atoms with Crippen molar-refractivity contribution in [2.24, 2.45) is 0 Å². The van der Waals surface area contributed by atoms with E-state index in [1.807, 2.05) is 0 Å². The predicted octanol–water partition coefficient (Wildman–Crippen LogP) is 5.69. The summed E-state index contributed by atoms with van der Waals surface area (Å²) < 4.78 is 37.2. The van der Waals surface area contributed by atoms with Crippen molar-refractivity contribution < 1.29 is 37.5 Å². The van der Waals surface area contributed by atoms with E-state index < -0.39 is 41.7 Å². The number of hydrogen-bond donors (Lipinski definition) is 3. The van der Waals surface area contributed by atoms with Crippen molar-refractivity contribution in [1.29, 1.82) is 0 Å². The Hall–Kier alpha value is -4.77. The Morgan fingerprint density at radius 1 is 1.05 bits per heavy atom. The van der Waals surface area contributed by atoms with Crippen molar-refractivity contribution in [3.05, 3.63) is 112 Å². The van der Waals surface area contributed by atoms with Gasteiger partial charge < -0.3 is 25.0 Å². The molecule has 0 aliphatic rings. The number of rotatable bonds is 10. The molecule has 0 bridgehead atoms.